The number of carbonyl (C=O) groups is 1. The smallest absolute Gasteiger partial charge is 0.251 e. The molecule has 0 fully saturated rings. The summed E-state index contributed by atoms with van der Waals surface area (Å²) in [5.74, 6) is 1.51. The summed E-state index contributed by atoms with van der Waals surface area (Å²) in [5, 5.41) is 12.4. The number of ether oxygens (including phenoxy) is 1. The van der Waals surface area contributed by atoms with E-state index in [1.165, 1.54) is 0 Å². The monoisotopic (exact) mass is 490 g/mol. The summed E-state index contributed by atoms with van der Waals surface area (Å²) in [4.78, 5) is 22.0. The zero-order chi connectivity index (χ0) is 24.5. The zero-order valence-electron chi connectivity index (χ0n) is 20.0. The Hall–Kier alpha value is -3.43. The second-order valence-electron chi connectivity index (χ2n) is 7.72. The zero-order valence-corrected chi connectivity index (χ0v) is 20.8. The van der Waals surface area contributed by atoms with Gasteiger partial charge >= 0.3 is 0 Å². The highest BCUT2D eigenvalue weighted by atomic mass is 32.2. The van der Waals surface area contributed by atoms with E-state index in [1.807, 2.05) is 54.1 Å². The van der Waals surface area contributed by atoms with E-state index in [0.29, 0.717) is 43.6 Å². The summed E-state index contributed by atoms with van der Waals surface area (Å²) >= 11 is 1.58. The fourth-order valence-electron chi connectivity index (χ4n) is 3.64. The molecule has 4 aromatic rings. The Morgan fingerprint density at radius 1 is 1.00 bits per heavy atom. The third kappa shape index (κ3) is 6.37. The average Bonchev–Trinajstić information content (AvgIpc) is 3.30. The number of rotatable bonds is 12. The summed E-state index contributed by atoms with van der Waals surface area (Å²) in [5.41, 5.74) is 3.58. The first-order valence-electron chi connectivity index (χ1n) is 11.8. The number of anilines is 1. The SMILES string of the molecule is CCOCCNc1nc(SCC)nc2c1cnn2CCNC(=O)c1ccc(-c2ccccc2)cc1. The van der Waals surface area contributed by atoms with Gasteiger partial charge < -0.3 is 15.4 Å². The van der Waals surface area contributed by atoms with E-state index in [2.05, 4.69) is 39.8 Å². The molecule has 0 aliphatic carbocycles. The molecule has 2 heterocycles. The Morgan fingerprint density at radius 3 is 2.51 bits per heavy atom. The van der Waals surface area contributed by atoms with E-state index >= 15 is 0 Å². The molecule has 35 heavy (non-hydrogen) atoms. The molecule has 2 aromatic heterocycles. The van der Waals surface area contributed by atoms with E-state index in [0.717, 1.165) is 33.7 Å². The van der Waals surface area contributed by atoms with Gasteiger partial charge in [-0.1, -0.05) is 61.2 Å². The summed E-state index contributed by atoms with van der Waals surface area (Å²) in [6.07, 6.45) is 1.77. The van der Waals surface area contributed by atoms with Crippen LogP contribution in [-0.2, 0) is 11.3 Å². The van der Waals surface area contributed by atoms with Crippen molar-refractivity contribution in [3.05, 3.63) is 66.4 Å². The van der Waals surface area contributed by atoms with Crippen molar-refractivity contribution in [1.29, 1.82) is 0 Å². The minimum atomic E-state index is -0.115. The van der Waals surface area contributed by atoms with Crippen molar-refractivity contribution in [2.75, 3.05) is 37.4 Å². The molecule has 2 aromatic carbocycles. The summed E-state index contributed by atoms with van der Waals surface area (Å²) in [6, 6.07) is 17.7. The lowest BCUT2D eigenvalue weighted by Crippen LogP contribution is -2.27. The lowest BCUT2D eigenvalue weighted by molar-refractivity contribution is 0.0952. The standard InChI is InChI=1S/C26H30N6O2S/c1-3-34-17-15-27-23-22-18-29-32(24(22)31-26(30-23)35-4-2)16-14-28-25(33)21-12-10-20(11-13-21)19-8-6-5-7-9-19/h5-13,18H,3-4,14-17H2,1-2H3,(H,28,33)(H,27,30,31). The number of aromatic nitrogens is 4. The van der Waals surface area contributed by atoms with Gasteiger partial charge in [0.15, 0.2) is 10.8 Å². The molecule has 4 rings (SSSR count). The highest BCUT2D eigenvalue weighted by Crippen LogP contribution is 2.24. The molecule has 0 atom stereocenters. The fourth-order valence-corrected chi connectivity index (χ4v) is 4.20. The Balaban J connectivity index is 1.40. The molecule has 0 unspecified atom stereocenters. The number of amides is 1. The fraction of sp³-hybridized carbons (Fsp3) is 0.308. The largest absolute Gasteiger partial charge is 0.380 e. The molecule has 182 valence electrons. The first kappa shape index (κ1) is 24.7. The number of fused-ring (bicyclic) bond motifs is 1. The molecule has 0 aliphatic heterocycles. The van der Waals surface area contributed by atoms with E-state index in [-0.39, 0.29) is 5.91 Å². The van der Waals surface area contributed by atoms with Crippen LogP contribution in [-0.4, -0.2) is 57.7 Å². The van der Waals surface area contributed by atoms with E-state index < -0.39 is 0 Å². The number of nitrogens with one attached hydrogen (secondary N) is 2. The van der Waals surface area contributed by atoms with Crippen LogP contribution in [0, 0.1) is 0 Å². The van der Waals surface area contributed by atoms with Gasteiger partial charge in [0, 0.05) is 25.3 Å². The second kappa shape index (κ2) is 12.3. The Morgan fingerprint density at radius 2 is 1.77 bits per heavy atom. The van der Waals surface area contributed by atoms with Crippen LogP contribution in [0.25, 0.3) is 22.2 Å². The van der Waals surface area contributed by atoms with Gasteiger partial charge in [-0.05, 0) is 35.9 Å². The third-order valence-corrected chi connectivity index (χ3v) is 6.08. The number of thioether (sulfide) groups is 1. The highest BCUT2D eigenvalue weighted by molar-refractivity contribution is 7.99. The lowest BCUT2D eigenvalue weighted by Gasteiger charge is -2.10. The molecule has 1 amide bonds. The maximum Gasteiger partial charge on any atom is 0.251 e. The van der Waals surface area contributed by atoms with Crippen LogP contribution in [0.4, 0.5) is 5.82 Å². The van der Waals surface area contributed by atoms with Crippen LogP contribution < -0.4 is 10.6 Å². The van der Waals surface area contributed by atoms with Crippen molar-refractivity contribution >= 4 is 34.5 Å². The Labute approximate surface area is 209 Å². The Kier molecular flexibility index (Phi) is 8.69. The van der Waals surface area contributed by atoms with Crippen molar-refractivity contribution in [2.24, 2.45) is 0 Å². The molecule has 0 aliphatic rings. The number of carbonyl (C=O) groups excluding carboxylic acids is 1. The van der Waals surface area contributed by atoms with Crippen molar-refractivity contribution in [1.82, 2.24) is 25.1 Å². The molecule has 0 spiro atoms. The van der Waals surface area contributed by atoms with Gasteiger partial charge in [-0.25, -0.2) is 14.6 Å². The summed E-state index contributed by atoms with van der Waals surface area (Å²) in [7, 11) is 0. The number of hydrogen-bond acceptors (Lipinski definition) is 7. The predicted molar refractivity (Wildman–Crippen MR) is 141 cm³/mol. The van der Waals surface area contributed by atoms with Gasteiger partial charge in [-0.3, -0.25) is 4.79 Å². The van der Waals surface area contributed by atoms with Gasteiger partial charge in [0.25, 0.3) is 5.91 Å². The molecule has 0 radical (unpaired) electrons. The van der Waals surface area contributed by atoms with Crippen LogP contribution in [0.15, 0.2) is 66.0 Å². The number of benzene rings is 2. The van der Waals surface area contributed by atoms with Crippen molar-refractivity contribution in [2.45, 2.75) is 25.5 Å². The molecular formula is C26H30N6O2S. The second-order valence-corrected chi connectivity index (χ2v) is 8.95. The van der Waals surface area contributed by atoms with Gasteiger partial charge in [-0.2, -0.15) is 5.10 Å². The third-order valence-electron chi connectivity index (χ3n) is 5.36. The van der Waals surface area contributed by atoms with E-state index in [1.54, 1.807) is 18.0 Å². The lowest BCUT2D eigenvalue weighted by atomic mass is 10.0. The predicted octanol–water partition coefficient (Wildman–Crippen LogP) is 4.48. The van der Waals surface area contributed by atoms with Crippen LogP contribution in [0.2, 0.25) is 0 Å². The van der Waals surface area contributed by atoms with Crippen LogP contribution in [0.5, 0.6) is 0 Å². The molecule has 9 heteroatoms. The van der Waals surface area contributed by atoms with Gasteiger partial charge in [0.1, 0.15) is 5.82 Å². The molecule has 0 saturated heterocycles. The minimum Gasteiger partial charge on any atom is -0.380 e. The minimum absolute atomic E-state index is 0.115. The van der Waals surface area contributed by atoms with Crippen LogP contribution in [0.3, 0.4) is 0 Å². The quantitative estimate of drug-likeness (QED) is 0.172. The number of hydrogen-bond donors (Lipinski definition) is 2. The molecule has 8 nitrogen and oxygen atoms in total. The normalized spacial score (nSPS) is 11.0. The van der Waals surface area contributed by atoms with Crippen LogP contribution >= 0.6 is 11.8 Å². The van der Waals surface area contributed by atoms with Crippen LogP contribution in [0.1, 0.15) is 24.2 Å². The molecule has 0 saturated carbocycles. The van der Waals surface area contributed by atoms with E-state index in [4.69, 9.17) is 9.72 Å². The maximum absolute atomic E-state index is 12.7. The van der Waals surface area contributed by atoms with Gasteiger partial charge in [0.05, 0.1) is 24.7 Å². The molecular weight excluding hydrogens is 460 g/mol. The van der Waals surface area contributed by atoms with E-state index in [9.17, 15) is 4.79 Å². The van der Waals surface area contributed by atoms with Crippen molar-refractivity contribution in [3.8, 4) is 11.1 Å². The molecule has 2 N–H and O–H groups in total. The van der Waals surface area contributed by atoms with Crippen molar-refractivity contribution in [3.63, 3.8) is 0 Å². The average molecular weight is 491 g/mol. The summed E-state index contributed by atoms with van der Waals surface area (Å²) in [6.45, 7) is 6.91. The van der Waals surface area contributed by atoms with Gasteiger partial charge in [-0.15, -0.1) is 0 Å². The first-order chi connectivity index (χ1) is 17.2. The Bertz CT molecular complexity index is 1240. The van der Waals surface area contributed by atoms with Gasteiger partial charge in [0.2, 0.25) is 0 Å². The highest BCUT2D eigenvalue weighted by Gasteiger charge is 2.14. The van der Waals surface area contributed by atoms with Crippen molar-refractivity contribution < 1.29 is 9.53 Å². The first-order valence-corrected chi connectivity index (χ1v) is 12.8. The number of nitrogens with zero attached hydrogens (tertiary/aromatic N) is 4. The summed E-state index contributed by atoms with van der Waals surface area (Å²) < 4.78 is 7.23. The maximum atomic E-state index is 12.7. The molecule has 0 bridgehead atoms. The topological polar surface area (TPSA) is 94.0 Å².